The van der Waals surface area contributed by atoms with Crippen molar-refractivity contribution in [1.29, 1.82) is 0 Å². The van der Waals surface area contributed by atoms with Gasteiger partial charge in [0.1, 0.15) is 18.4 Å². The molecule has 0 spiro atoms. The SMILES string of the molecule is CC(=O)Nc1ccccc1C(=O)N[C@H](Cc1cccc(OCc2ccccc2)c1)C(=O)O. The van der Waals surface area contributed by atoms with Crippen LogP contribution >= 0.6 is 0 Å². The number of carbonyl (C=O) groups excluding carboxylic acids is 2. The van der Waals surface area contributed by atoms with Gasteiger partial charge in [-0.05, 0) is 35.4 Å². The van der Waals surface area contributed by atoms with Crippen LogP contribution in [0.25, 0.3) is 0 Å². The molecule has 0 aliphatic heterocycles. The molecule has 3 N–H and O–H groups in total. The zero-order valence-electron chi connectivity index (χ0n) is 17.6. The van der Waals surface area contributed by atoms with E-state index in [1.54, 1.807) is 42.5 Å². The summed E-state index contributed by atoms with van der Waals surface area (Å²) < 4.78 is 5.80. The molecule has 1 atom stereocenters. The minimum absolute atomic E-state index is 0.0753. The second-order valence-corrected chi connectivity index (χ2v) is 7.22. The third kappa shape index (κ3) is 6.43. The molecular formula is C25H24N2O5. The van der Waals surface area contributed by atoms with Crippen molar-refractivity contribution in [3.63, 3.8) is 0 Å². The summed E-state index contributed by atoms with van der Waals surface area (Å²) in [6.07, 6.45) is 0.0753. The van der Waals surface area contributed by atoms with E-state index in [0.717, 1.165) is 5.56 Å². The van der Waals surface area contributed by atoms with Crippen molar-refractivity contribution < 1.29 is 24.2 Å². The van der Waals surface area contributed by atoms with E-state index in [2.05, 4.69) is 10.6 Å². The molecule has 0 aliphatic rings. The fourth-order valence-electron chi connectivity index (χ4n) is 3.15. The second-order valence-electron chi connectivity index (χ2n) is 7.22. The van der Waals surface area contributed by atoms with Gasteiger partial charge in [0.2, 0.25) is 5.91 Å². The average molecular weight is 432 g/mol. The van der Waals surface area contributed by atoms with Crippen LogP contribution in [0.5, 0.6) is 5.75 Å². The summed E-state index contributed by atoms with van der Waals surface area (Å²) in [5, 5.41) is 14.8. The van der Waals surface area contributed by atoms with Crippen molar-refractivity contribution in [2.24, 2.45) is 0 Å². The third-order valence-corrected chi connectivity index (χ3v) is 4.67. The Labute approximate surface area is 186 Å². The van der Waals surface area contributed by atoms with Gasteiger partial charge in [0.05, 0.1) is 11.3 Å². The van der Waals surface area contributed by atoms with Crippen LogP contribution in [-0.2, 0) is 22.6 Å². The molecule has 0 unspecified atom stereocenters. The molecule has 3 aromatic carbocycles. The zero-order chi connectivity index (χ0) is 22.9. The molecule has 164 valence electrons. The van der Waals surface area contributed by atoms with E-state index in [-0.39, 0.29) is 17.9 Å². The maximum Gasteiger partial charge on any atom is 0.326 e. The van der Waals surface area contributed by atoms with Crippen molar-refractivity contribution in [2.75, 3.05) is 5.32 Å². The van der Waals surface area contributed by atoms with E-state index in [1.165, 1.54) is 13.0 Å². The highest BCUT2D eigenvalue weighted by Crippen LogP contribution is 2.18. The first-order valence-corrected chi connectivity index (χ1v) is 10.1. The van der Waals surface area contributed by atoms with Crippen LogP contribution in [0.15, 0.2) is 78.9 Å². The number of hydrogen-bond acceptors (Lipinski definition) is 4. The normalized spacial score (nSPS) is 11.3. The molecule has 3 aromatic rings. The highest BCUT2D eigenvalue weighted by atomic mass is 16.5. The Morgan fingerprint density at radius 3 is 2.31 bits per heavy atom. The Bertz CT molecular complexity index is 1100. The van der Waals surface area contributed by atoms with Crippen molar-refractivity contribution in [1.82, 2.24) is 5.32 Å². The lowest BCUT2D eigenvalue weighted by molar-refractivity contribution is -0.139. The van der Waals surface area contributed by atoms with Gasteiger partial charge in [0.25, 0.3) is 5.91 Å². The molecule has 0 saturated heterocycles. The molecule has 7 nitrogen and oxygen atoms in total. The monoisotopic (exact) mass is 432 g/mol. The molecular weight excluding hydrogens is 408 g/mol. The number of hydrogen-bond donors (Lipinski definition) is 3. The molecule has 0 fully saturated rings. The van der Waals surface area contributed by atoms with Gasteiger partial charge in [-0.25, -0.2) is 4.79 Å². The van der Waals surface area contributed by atoms with E-state index in [0.29, 0.717) is 23.6 Å². The lowest BCUT2D eigenvalue weighted by Gasteiger charge is -2.17. The molecule has 0 aromatic heterocycles. The number of rotatable bonds is 9. The quantitative estimate of drug-likeness (QED) is 0.479. The maximum absolute atomic E-state index is 12.7. The van der Waals surface area contributed by atoms with Crippen LogP contribution < -0.4 is 15.4 Å². The minimum Gasteiger partial charge on any atom is -0.489 e. The van der Waals surface area contributed by atoms with Gasteiger partial charge >= 0.3 is 5.97 Å². The Morgan fingerprint density at radius 1 is 0.906 bits per heavy atom. The second kappa shape index (κ2) is 10.8. The van der Waals surface area contributed by atoms with Gasteiger partial charge in [-0.1, -0.05) is 54.6 Å². The van der Waals surface area contributed by atoms with Crippen molar-refractivity contribution in [3.8, 4) is 5.75 Å². The fraction of sp³-hybridized carbons (Fsp3) is 0.160. The van der Waals surface area contributed by atoms with E-state index in [4.69, 9.17) is 4.74 Å². The number of carboxylic acids is 1. The summed E-state index contributed by atoms with van der Waals surface area (Å²) in [6.45, 7) is 1.73. The summed E-state index contributed by atoms with van der Waals surface area (Å²) >= 11 is 0. The number of nitrogens with one attached hydrogen (secondary N) is 2. The molecule has 7 heteroatoms. The number of anilines is 1. The van der Waals surface area contributed by atoms with E-state index in [9.17, 15) is 19.5 Å². The van der Waals surface area contributed by atoms with Gasteiger partial charge in [0, 0.05) is 13.3 Å². The first-order valence-electron chi connectivity index (χ1n) is 10.1. The number of carboxylic acid groups (broad SMARTS) is 1. The van der Waals surface area contributed by atoms with Crippen LogP contribution in [0.2, 0.25) is 0 Å². The van der Waals surface area contributed by atoms with Gasteiger partial charge in [0.15, 0.2) is 0 Å². The fourth-order valence-corrected chi connectivity index (χ4v) is 3.15. The molecule has 0 bridgehead atoms. The van der Waals surface area contributed by atoms with E-state index < -0.39 is 17.9 Å². The summed E-state index contributed by atoms with van der Waals surface area (Å²) in [5.41, 5.74) is 2.23. The standard InChI is InChI=1S/C25H24N2O5/c1-17(28)26-22-13-6-5-12-21(22)24(29)27-23(25(30)31)15-19-10-7-11-20(14-19)32-16-18-8-3-2-4-9-18/h2-14,23H,15-16H2,1H3,(H,26,28)(H,27,29)(H,30,31)/t23-/m1/s1. The number of carbonyl (C=O) groups is 3. The Balaban J connectivity index is 1.69. The summed E-state index contributed by atoms with van der Waals surface area (Å²) in [6, 6.07) is 22.1. The van der Waals surface area contributed by atoms with Gasteiger partial charge < -0.3 is 20.5 Å². The Kier molecular flexibility index (Phi) is 7.59. The van der Waals surface area contributed by atoms with E-state index in [1.807, 2.05) is 30.3 Å². The maximum atomic E-state index is 12.7. The molecule has 0 aliphatic carbocycles. The van der Waals surface area contributed by atoms with Crippen molar-refractivity contribution in [2.45, 2.75) is 26.0 Å². The third-order valence-electron chi connectivity index (χ3n) is 4.67. The van der Waals surface area contributed by atoms with Crippen LogP contribution in [0.3, 0.4) is 0 Å². The number of amides is 2. The van der Waals surface area contributed by atoms with Gasteiger partial charge in [-0.3, -0.25) is 9.59 Å². The largest absolute Gasteiger partial charge is 0.489 e. The average Bonchev–Trinajstić information content (AvgIpc) is 2.78. The first kappa shape index (κ1) is 22.6. The van der Waals surface area contributed by atoms with Crippen LogP contribution in [0, 0.1) is 0 Å². The molecule has 32 heavy (non-hydrogen) atoms. The number of ether oxygens (including phenoxy) is 1. The molecule has 0 heterocycles. The predicted octanol–water partition coefficient (Wildman–Crippen LogP) is 3.65. The van der Waals surface area contributed by atoms with Crippen LogP contribution in [0.4, 0.5) is 5.69 Å². The molecule has 3 rings (SSSR count). The highest BCUT2D eigenvalue weighted by molar-refractivity contribution is 6.04. The van der Waals surface area contributed by atoms with Crippen LogP contribution in [0.1, 0.15) is 28.4 Å². The number of benzene rings is 3. The van der Waals surface area contributed by atoms with Gasteiger partial charge in [-0.15, -0.1) is 0 Å². The summed E-state index contributed by atoms with van der Waals surface area (Å²) in [5.74, 6) is -1.46. The highest BCUT2D eigenvalue weighted by Gasteiger charge is 2.23. The summed E-state index contributed by atoms with van der Waals surface area (Å²) in [4.78, 5) is 35.9. The molecule has 0 radical (unpaired) electrons. The number of para-hydroxylation sites is 1. The van der Waals surface area contributed by atoms with Crippen LogP contribution in [-0.4, -0.2) is 28.9 Å². The summed E-state index contributed by atoms with van der Waals surface area (Å²) in [7, 11) is 0. The lowest BCUT2D eigenvalue weighted by atomic mass is 10.0. The molecule has 2 amide bonds. The number of aliphatic carboxylic acids is 1. The van der Waals surface area contributed by atoms with E-state index >= 15 is 0 Å². The smallest absolute Gasteiger partial charge is 0.326 e. The van der Waals surface area contributed by atoms with Crippen molar-refractivity contribution in [3.05, 3.63) is 95.6 Å². The topological polar surface area (TPSA) is 105 Å². The lowest BCUT2D eigenvalue weighted by Crippen LogP contribution is -2.42. The van der Waals surface area contributed by atoms with Gasteiger partial charge in [-0.2, -0.15) is 0 Å². The zero-order valence-corrected chi connectivity index (χ0v) is 17.6. The first-order chi connectivity index (χ1) is 15.4. The minimum atomic E-state index is -1.16. The Hall–Kier alpha value is -4.13. The Morgan fingerprint density at radius 2 is 1.59 bits per heavy atom. The van der Waals surface area contributed by atoms with Crippen molar-refractivity contribution >= 4 is 23.5 Å². The predicted molar refractivity (Wildman–Crippen MR) is 121 cm³/mol. The molecule has 0 saturated carbocycles.